The van der Waals surface area contributed by atoms with Crippen molar-refractivity contribution in [3.05, 3.63) is 168 Å². The number of aryl methyl sites for hydroxylation is 1. The van der Waals surface area contributed by atoms with E-state index in [4.69, 9.17) is 0 Å². The van der Waals surface area contributed by atoms with E-state index in [2.05, 4.69) is 187 Å². The Morgan fingerprint density at radius 2 is 1.24 bits per heavy atom. The van der Waals surface area contributed by atoms with Crippen molar-refractivity contribution in [2.24, 2.45) is 0 Å². The topological polar surface area (TPSA) is 11.4 Å². The molecule has 0 saturated carbocycles. The molecule has 6 aromatic rings. The molecule has 0 spiro atoms. The van der Waals surface area contributed by atoms with Crippen LogP contribution in [0.1, 0.15) is 43.2 Å². The molecule has 0 amide bonds. The molecule has 7 rings (SSSR count). The molecule has 1 atom stereocenters. The number of nitrogens with zero attached hydrogens (tertiary/aromatic N) is 3. The number of unbranched alkanes of at least 4 members (excludes halogenated alkanes) is 1. The fourth-order valence-electron chi connectivity index (χ4n) is 7.35. The molecule has 230 valence electrons. The highest BCUT2D eigenvalue weighted by molar-refractivity contribution is 6.08. The molecule has 0 radical (unpaired) electrons. The molecular weight excluding hydrogens is 558 g/mol. The first-order chi connectivity index (χ1) is 22.6. The molecule has 5 aromatic carbocycles. The van der Waals surface area contributed by atoms with E-state index >= 15 is 0 Å². The Balaban J connectivity index is 1.33. The van der Waals surface area contributed by atoms with Gasteiger partial charge in [0.25, 0.3) is 0 Å². The van der Waals surface area contributed by atoms with Gasteiger partial charge in [0, 0.05) is 66.2 Å². The third-order valence-electron chi connectivity index (χ3n) is 9.96. The minimum atomic E-state index is -0.371. The van der Waals surface area contributed by atoms with Crippen LogP contribution in [0.4, 0.5) is 11.4 Å². The van der Waals surface area contributed by atoms with Crippen molar-refractivity contribution in [2.75, 3.05) is 23.9 Å². The normalized spacial score (nSPS) is 14.7. The summed E-state index contributed by atoms with van der Waals surface area (Å²) < 4.78 is 2.52. The van der Waals surface area contributed by atoms with E-state index < -0.39 is 0 Å². The van der Waals surface area contributed by atoms with E-state index in [1.165, 1.54) is 62.7 Å². The number of aromatic nitrogens is 1. The fraction of sp³-hybridized carbons (Fsp3) is 0.209. The fourth-order valence-corrected chi connectivity index (χ4v) is 7.35. The standard InChI is InChI=1S/C43H43N3/c1-4-5-31-46-40-24-16-15-23-38(40)39-32-35(25-26-41(39)46)42(33-17-9-6-10-18-33)34-27-29-43(30-28-34,44(2)36-19-11-7-12-20-36)45(3)37-21-13-8-14-22-37/h6-29,32,42H,4-5,30-31H2,1-3H3. The van der Waals surface area contributed by atoms with Gasteiger partial charge in [-0.15, -0.1) is 0 Å². The summed E-state index contributed by atoms with van der Waals surface area (Å²) in [4.78, 5) is 4.83. The molecule has 46 heavy (non-hydrogen) atoms. The highest BCUT2D eigenvalue weighted by Gasteiger charge is 2.38. The summed E-state index contributed by atoms with van der Waals surface area (Å²) in [6.07, 6.45) is 10.5. The van der Waals surface area contributed by atoms with Crippen LogP contribution in [0.5, 0.6) is 0 Å². The second kappa shape index (κ2) is 12.8. The van der Waals surface area contributed by atoms with Crippen molar-refractivity contribution in [3.63, 3.8) is 0 Å². The molecule has 0 fully saturated rings. The maximum Gasteiger partial charge on any atom is 0.135 e. The third kappa shape index (κ3) is 5.30. The van der Waals surface area contributed by atoms with Gasteiger partial charge < -0.3 is 14.4 Å². The number of benzene rings is 5. The Hall–Kier alpha value is -5.02. The van der Waals surface area contributed by atoms with E-state index in [0.29, 0.717) is 0 Å². The Bertz CT molecular complexity index is 1940. The SMILES string of the molecule is CCCCn1c2ccccc2c2cc(C(C3=CCC(N(C)c4ccccc4)(N(C)c4ccccc4)C=C3)c3ccccc3)ccc21. The first-order valence-electron chi connectivity index (χ1n) is 16.6. The lowest BCUT2D eigenvalue weighted by atomic mass is 9.80. The summed E-state index contributed by atoms with van der Waals surface area (Å²) in [5, 5.41) is 2.68. The minimum absolute atomic E-state index is 0.127. The number of rotatable bonds is 10. The first kappa shape index (κ1) is 29.7. The smallest absolute Gasteiger partial charge is 0.135 e. The van der Waals surface area contributed by atoms with Gasteiger partial charge >= 0.3 is 0 Å². The van der Waals surface area contributed by atoms with Gasteiger partial charge in [-0.3, -0.25) is 0 Å². The lowest BCUT2D eigenvalue weighted by Gasteiger charge is -2.49. The summed E-state index contributed by atoms with van der Waals surface area (Å²) in [6, 6.07) is 48.6. The molecule has 0 aliphatic heterocycles. The molecule has 3 heteroatoms. The number of hydrogen-bond donors (Lipinski definition) is 0. The van der Waals surface area contributed by atoms with Gasteiger partial charge in [-0.1, -0.05) is 116 Å². The quantitative estimate of drug-likeness (QED) is 0.145. The van der Waals surface area contributed by atoms with Crippen LogP contribution in [0.15, 0.2) is 157 Å². The molecule has 0 N–H and O–H groups in total. The highest BCUT2D eigenvalue weighted by Crippen LogP contribution is 2.42. The first-order valence-corrected chi connectivity index (χ1v) is 16.6. The molecule has 1 heterocycles. The number of para-hydroxylation sites is 3. The zero-order chi connectivity index (χ0) is 31.5. The van der Waals surface area contributed by atoms with Crippen LogP contribution in [0.3, 0.4) is 0 Å². The van der Waals surface area contributed by atoms with Crippen LogP contribution in [-0.2, 0) is 6.54 Å². The summed E-state index contributed by atoms with van der Waals surface area (Å²) in [5.74, 6) is 0.127. The van der Waals surface area contributed by atoms with Gasteiger partial charge in [0.15, 0.2) is 0 Å². The summed E-state index contributed by atoms with van der Waals surface area (Å²) >= 11 is 0. The Labute approximate surface area is 273 Å². The molecule has 1 aliphatic rings. The van der Waals surface area contributed by atoms with E-state index in [-0.39, 0.29) is 11.6 Å². The predicted molar refractivity (Wildman–Crippen MR) is 197 cm³/mol. The summed E-state index contributed by atoms with van der Waals surface area (Å²) in [6.45, 7) is 3.31. The lowest BCUT2D eigenvalue weighted by Crippen LogP contribution is -2.58. The van der Waals surface area contributed by atoms with Crippen molar-refractivity contribution in [3.8, 4) is 0 Å². The van der Waals surface area contributed by atoms with Gasteiger partial charge in [0.05, 0.1) is 0 Å². The molecule has 1 aromatic heterocycles. The van der Waals surface area contributed by atoms with Gasteiger partial charge in [0.2, 0.25) is 0 Å². The molecular formula is C43H43N3. The molecule has 3 nitrogen and oxygen atoms in total. The average Bonchev–Trinajstić information content (AvgIpc) is 3.44. The van der Waals surface area contributed by atoms with Crippen LogP contribution in [0.25, 0.3) is 21.8 Å². The number of hydrogen-bond acceptors (Lipinski definition) is 2. The van der Waals surface area contributed by atoms with Crippen molar-refractivity contribution >= 4 is 33.2 Å². The van der Waals surface area contributed by atoms with Crippen LogP contribution in [0, 0.1) is 0 Å². The third-order valence-corrected chi connectivity index (χ3v) is 9.96. The van der Waals surface area contributed by atoms with E-state index in [1.807, 2.05) is 0 Å². The molecule has 0 saturated heterocycles. The van der Waals surface area contributed by atoms with E-state index in [1.54, 1.807) is 0 Å². The maximum absolute atomic E-state index is 2.52. The molecule has 1 unspecified atom stereocenters. The number of fused-ring (bicyclic) bond motifs is 3. The van der Waals surface area contributed by atoms with Gasteiger partial charge in [-0.2, -0.15) is 0 Å². The Kier molecular flexibility index (Phi) is 8.24. The summed E-state index contributed by atoms with van der Waals surface area (Å²) in [5.41, 5.74) is 8.64. The largest absolute Gasteiger partial charge is 0.348 e. The van der Waals surface area contributed by atoms with Crippen molar-refractivity contribution < 1.29 is 0 Å². The monoisotopic (exact) mass is 601 g/mol. The van der Waals surface area contributed by atoms with Gasteiger partial charge in [-0.05, 0) is 71.7 Å². The molecule has 0 bridgehead atoms. The number of anilines is 2. The Morgan fingerprint density at radius 3 is 1.85 bits per heavy atom. The Morgan fingerprint density at radius 1 is 0.652 bits per heavy atom. The predicted octanol–water partition coefficient (Wildman–Crippen LogP) is 10.6. The minimum Gasteiger partial charge on any atom is -0.348 e. The van der Waals surface area contributed by atoms with Crippen LogP contribution in [-0.4, -0.2) is 24.3 Å². The van der Waals surface area contributed by atoms with Crippen LogP contribution >= 0.6 is 0 Å². The second-order valence-electron chi connectivity index (χ2n) is 12.6. The van der Waals surface area contributed by atoms with Crippen molar-refractivity contribution in [1.29, 1.82) is 0 Å². The average molecular weight is 602 g/mol. The van der Waals surface area contributed by atoms with Crippen molar-refractivity contribution in [1.82, 2.24) is 4.57 Å². The van der Waals surface area contributed by atoms with Gasteiger partial charge in [0.1, 0.15) is 5.66 Å². The zero-order valence-corrected chi connectivity index (χ0v) is 27.2. The van der Waals surface area contributed by atoms with Crippen LogP contribution in [0.2, 0.25) is 0 Å². The number of likely N-dealkylation sites (N-methyl/N-ethyl adjacent to an activating group) is 2. The van der Waals surface area contributed by atoms with E-state index in [9.17, 15) is 0 Å². The highest BCUT2D eigenvalue weighted by atomic mass is 15.4. The van der Waals surface area contributed by atoms with E-state index in [0.717, 1.165) is 13.0 Å². The maximum atomic E-state index is 2.52. The van der Waals surface area contributed by atoms with Crippen molar-refractivity contribution in [2.45, 2.75) is 44.3 Å². The summed E-state index contributed by atoms with van der Waals surface area (Å²) in [7, 11) is 4.43. The molecule has 1 aliphatic carbocycles. The number of allylic oxidation sites excluding steroid dienone is 2. The zero-order valence-electron chi connectivity index (χ0n) is 27.2. The van der Waals surface area contributed by atoms with Gasteiger partial charge in [-0.25, -0.2) is 0 Å². The van der Waals surface area contributed by atoms with Crippen LogP contribution < -0.4 is 9.80 Å². The lowest BCUT2D eigenvalue weighted by molar-refractivity contribution is 0.486. The second-order valence-corrected chi connectivity index (χ2v) is 12.6.